The molecule has 74 valence electrons. The molecule has 0 bridgehead atoms. The zero-order valence-electron chi connectivity index (χ0n) is 7.71. The summed E-state index contributed by atoms with van der Waals surface area (Å²) in [6, 6.07) is 0. The Morgan fingerprint density at radius 1 is 1.67 bits per heavy atom. The maximum absolute atomic E-state index is 10.9. The molecule has 0 saturated heterocycles. The summed E-state index contributed by atoms with van der Waals surface area (Å²) in [7, 11) is 0. The van der Waals surface area contributed by atoms with Crippen molar-refractivity contribution in [2.75, 3.05) is 18.8 Å². The third-order valence-electron chi connectivity index (χ3n) is 1.57. The van der Waals surface area contributed by atoms with Gasteiger partial charge in [-0.05, 0) is 5.92 Å². The SMILES string of the molecule is CCC(C)CNOS(=O)CCN. The van der Waals surface area contributed by atoms with Crippen LogP contribution in [0.5, 0.6) is 0 Å². The van der Waals surface area contributed by atoms with Gasteiger partial charge in [0.1, 0.15) is 0 Å². The van der Waals surface area contributed by atoms with Crippen molar-refractivity contribution in [1.29, 1.82) is 0 Å². The number of hydrogen-bond acceptors (Lipinski definition) is 4. The zero-order chi connectivity index (χ0) is 9.40. The van der Waals surface area contributed by atoms with Crippen molar-refractivity contribution in [1.82, 2.24) is 5.48 Å². The summed E-state index contributed by atoms with van der Waals surface area (Å²) in [4.78, 5) is 0. The number of rotatable bonds is 7. The van der Waals surface area contributed by atoms with Crippen molar-refractivity contribution in [3.05, 3.63) is 0 Å². The number of hydrogen-bond donors (Lipinski definition) is 2. The molecule has 0 amide bonds. The van der Waals surface area contributed by atoms with Gasteiger partial charge in [-0.3, -0.25) is 0 Å². The first-order chi connectivity index (χ1) is 5.70. The van der Waals surface area contributed by atoms with E-state index in [4.69, 9.17) is 10.0 Å². The quantitative estimate of drug-likeness (QED) is 0.567. The smallest absolute Gasteiger partial charge is 0.174 e. The van der Waals surface area contributed by atoms with Crippen LogP contribution in [0.4, 0.5) is 0 Å². The third kappa shape index (κ3) is 6.72. The van der Waals surface area contributed by atoms with Crippen molar-refractivity contribution < 1.29 is 8.49 Å². The molecule has 0 aromatic heterocycles. The van der Waals surface area contributed by atoms with Gasteiger partial charge in [0.05, 0.1) is 5.75 Å². The first-order valence-corrected chi connectivity index (χ1v) is 5.43. The van der Waals surface area contributed by atoms with Crippen LogP contribution in [0, 0.1) is 5.92 Å². The first kappa shape index (κ1) is 12.0. The van der Waals surface area contributed by atoms with E-state index in [0.29, 0.717) is 18.2 Å². The molecule has 3 N–H and O–H groups in total. The van der Waals surface area contributed by atoms with Crippen molar-refractivity contribution >= 4 is 11.1 Å². The number of hydroxylamine groups is 1. The molecule has 0 radical (unpaired) electrons. The van der Waals surface area contributed by atoms with Gasteiger partial charge in [-0.25, -0.2) is 8.49 Å². The van der Waals surface area contributed by atoms with E-state index in [1.54, 1.807) is 0 Å². The highest BCUT2D eigenvalue weighted by Crippen LogP contribution is 1.97. The lowest BCUT2D eigenvalue weighted by Crippen LogP contribution is -2.24. The van der Waals surface area contributed by atoms with E-state index in [-0.39, 0.29) is 0 Å². The van der Waals surface area contributed by atoms with Crippen molar-refractivity contribution in [2.24, 2.45) is 11.7 Å². The number of nitrogens with one attached hydrogen (secondary N) is 1. The minimum Gasteiger partial charge on any atom is -0.329 e. The summed E-state index contributed by atoms with van der Waals surface area (Å²) in [6.45, 7) is 5.32. The Morgan fingerprint density at radius 3 is 2.83 bits per heavy atom. The van der Waals surface area contributed by atoms with Gasteiger partial charge in [0.2, 0.25) is 0 Å². The molecule has 0 aliphatic rings. The van der Waals surface area contributed by atoms with Crippen LogP contribution in [0.25, 0.3) is 0 Å². The van der Waals surface area contributed by atoms with Gasteiger partial charge in [-0.1, -0.05) is 20.3 Å². The van der Waals surface area contributed by atoms with Gasteiger partial charge in [0, 0.05) is 13.1 Å². The molecule has 0 rings (SSSR count). The maximum Gasteiger partial charge on any atom is 0.174 e. The van der Waals surface area contributed by atoms with Crippen LogP contribution in [0.1, 0.15) is 20.3 Å². The molecule has 0 aliphatic carbocycles. The normalized spacial score (nSPS) is 15.9. The summed E-state index contributed by atoms with van der Waals surface area (Å²) >= 11 is -1.27. The lowest BCUT2D eigenvalue weighted by molar-refractivity contribution is 0.202. The second-order valence-corrected chi connectivity index (χ2v) is 3.92. The van der Waals surface area contributed by atoms with Crippen LogP contribution in [-0.4, -0.2) is 23.1 Å². The Kier molecular flexibility index (Phi) is 7.69. The molecule has 12 heavy (non-hydrogen) atoms. The number of nitrogens with two attached hydrogens (primary N) is 1. The molecule has 0 spiro atoms. The molecule has 2 unspecified atom stereocenters. The van der Waals surface area contributed by atoms with E-state index >= 15 is 0 Å². The van der Waals surface area contributed by atoms with Crippen LogP contribution in [0.3, 0.4) is 0 Å². The van der Waals surface area contributed by atoms with Gasteiger partial charge in [-0.15, -0.1) is 0 Å². The lowest BCUT2D eigenvalue weighted by atomic mass is 10.1. The van der Waals surface area contributed by atoms with E-state index in [1.165, 1.54) is 0 Å². The highest BCUT2D eigenvalue weighted by atomic mass is 32.2. The van der Waals surface area contributed by atoms with Gasteiger partial charge in [0.15, 0.2) is 11.1 Å². The monoisotopic (exact) mass is 194 g/mol. The van der Waals surface area contributed by atoms with Crippen LogP contribution in [-0.2, 0) is 15.4 Å². The lowest BCUT2D eigenvalue weighted by Gasteiger charge is -2.08. The van der Waals surface area contributed by atoms with Crippen molar-refractivity contribution in [2.45, 2.75) is 20.3 Å². The molecule has 0 aliphatic heterocycles. The molecule has 0 saturated carbocycles. The summed E-state index contributed by atoms with van der Waals surface area (Å²) in [5, 5.41) is 0. The van der Waals surface area contributed by atoms with Gasteiger partial charge in [-0.2, -0.15) is 5.48 Å². The van der Waals surface area contributed by atoms with Gasteiger partial charge >= 0.3 is 0 Å². The Morgan fingerprint density at radius 2 is 2.33 bits per heavy atom. The Hall–Kier alpha value is 0.0300. The highest BCUT2D eigenvalue weighted by molar-refractivity contribution is 7.80. The average molecular weight is 194 g/mol. The molecule has 0 fully saturated rings. The summed E-state index contributed by atoms with van der Waals surface area (Å²) in [5.74, 6) is 0.924. The van der Waals surface area contributed by atoms with Gasteiger partial charge in [0.25, 0.3) is 0 Å². The second kappa shape index (κ2) is 7.67. The maximum atomic E-state index is 10.9. The van der Waals surface area contributed by atoms with E-state index in [1.807, 2.05) is 0 Å². The predicted molar refractivity (Wildman–Crippen MR) is 50.6 cm³/mol. The second-order valence-electron chi connectivity index (χ2n) is 2.74. The molecule has 0 heterocycles. The Balaban J connectivity index is 3.24. The fourth-order valence-corrected chi connectivity index (χ4v) is 1.000. The average Bonchev–Trinajstić information content (AvgIpc) is 2.04. The Bertz CT molecular complexity index is 133. The van der Waals surface area contributed by atoms with Crippen LogP contribution in [0.2, 0.25) is 0 Å². The van der Waals surface area contributed by atoms with Crippen molar-refractivity contribution in [3.63, 3.8) is 0 Å². The molecule has 4 nitrogen and oxygen atoms in total. The molecule has 2 atom stereocenters. The topological polar surface area (TPSA) is 64.3 Å². The van der Waals surface area contributed by atoms with Gasteiger partial charge < -0.3 is 5.73 Å². The van der Waals surface area contributed by atoms with Crippen LogP contribution < -0.4 is 11.2 Å². The van der Waals surface area contributed by atoms with Crippen LogP contribution >= 0.6 is 0 Å². The van der Waals surface area contributed by atoms with Crippen LogP contribution in [0.15, 0.2) is 0 Å². The first-order valence-electron chi connectivity index (χ1n) is 4.19. The third-order valence-corrected chi connectivity index (χ3v) is 2.44. The fourth-order valence-electron chi connectivity index (χ4n) is 0.524. The van der Waals surface area contributed by atoms with E-state index in [9.17, 15) is 4.21 Å². The molecule has 5 heteroatoms. The predicted octanol–water partition coefficient (Wildman–Crippen LogP) is 0.176. The summed E-state index contributed by atoms with van der Waals surface area (Å²) in [5.41, 5.74) is 7.85. The molecule has 0 aromatic rings. The van der Waals surface area contributed by atoms with E-state index < -0.39 is 11.1 Å². The Labute approximate surface area is 76.5 Å². The molecular weight excluding hydrogens is 176 g/mol. The fraction of sp³-hybridized carbons (Fsp3) is 1.00. The standard InChI is InChI=1S/C7H18N2O2S/c1-3-7(2)6-9-11-12(10)5-4-8/h7,9H,3-6,8H2,1-2H3. The zero-order valence-corrected chi connectivity index (χ0v) is 8.52. The summed E-state index contributed by atoms with van der Waals surface area (Å²) < 4.78 is 15.7. The minimum absolute atomic E-state index is 0.382. The molecule has 0 aromatic carbocycles. The molecular formula is C7H18N2O2S. The summed E-state index contributed by atoms with van der Waals surface area (Å²) in [6.07, 6.45) is 1.08. The van der Waals surface area contributed by atoms with E-state index in [2.05, 4.69) is 19.3 Å². The van der Waals surface area contributed by atoms with E-state index in [0.717, 1.165) is 13.0 Å². The highest BCUT2D eigenvalue weighted by Gasteiger charge is 2.00. The largest absolute Gasteiger partial charge is 0.329 e. The minimum atomic E-state index is -1.27. The van der Waals surface area contributed by atoms with Crippen molar-refractivity contribution in [3.8, 4) is 0 Å².